The molecule has 4 heteroatoms. The molecule has 0 aliphatic heterocycles. The largest absolute Gasteiger partial charge is 0.370 e. The van der Waals surface area contributed by atoms with E-state index in [1.54, 1.807) is 0 Å². The van der Waals surface area contributed by atoms with Crippen molar-refractivity contribution in [2.75, 3.05) is 0 Å². The van der Waals surface area contributed by atoms with Crippen molar-refractivity contribution in [2.45, 2.75) is 328 Å². The molecule has 0 fully saturated rings. The summed E-state index contributed by atoms with van der Waals surface area (Å²) in [4.78, 5) is 24.0. The minimum atomic E-state index is -0.303. The van der Waals surface area contributed by atoms with Crippen molar-refractivity contribution in [1.82, 2.24) is 0 Å². The Hall–Kier alpha value is -1.94. The van der Waals surface area contributed by atoms with Gasteiger partial charge in [-0.15, -0.1) is 0 Å². The summed E-state index contributed by atoms with van der Waals surface area (Å²) in [5.74, 6) is 12.3. The Morgan fingerprint density at radius 2 is 0.548 bits per heavy atom. The monoisotopic (exact) mass is 865 g/mol. The maximum absolute atomic E-state index is 13.2. The number of hydrogen-bond acceptors (Lipinski definition) is 2. The third-order valence-electron chi connectivity index (χ3n) is 13.7. The molecule has 2 amide bonds. The van der Waals surface area contributed by atoms with Crippen LogP contribution in [0.4, 0.5) is 0 Å². The molecule has 0 aromatic rings. The van der Waals surface area contributed by atoms with Crippen molar-refractivity contribution >= 4 is 11.8 Å². The van der Waals surface area contributed by atoms with E-state index in [-0.39, 0.29) is 17.2 Å². The molecule has 0 heterocycles. The van der Waals surface area contributed by atoms with E-state index in [2.05, 4.69) is 37.5 Å². The Bertz CT molecular complexity index is 1040. The average Bonchev–Trinajstić information content (AvgIpc) is 3.26. The van der Waals surface area contributed by atoms with E-state index in [9.17, 15) is 9.59 Å². The number of hydrogen-bond donors (Lipinski definition) is 2. The smallest absolute Gasteiger partial charge is 0.223 e. The standard InChI is InChI=1S/C58H108N2O2/c1-3-5-7-9-11-13-15-17-19-25-29-33-37-41-45-49-53-58(57(60)62,54-50-46-42-38-34-30-26-20-18-16-14-12-10-8-6-4-2)55-51-47-43-39-35-31-27-23-21-22-24-28-32-36-40-44-48-52-56(59)61/h3-20,24-26,28-55H2,1-2H3,(H2,59,61)(H2,60,62). The van der Waals surface area contributed by atoms with E-state index in [1.807, 2.05) is 0 Å². The predicted octanol–water partition coefficient (Wildman–Crippen LogP) is 18.1. The molecule has 62 heavy (non-hydrogen) atoms. The fraction of sp³-hybridized carbons (Fsp3) is 0.897. The Morgan fingerprint density at radius 1 is 0.323 bits per heavy atom. The maximum atomic E-state index is 13.2. The van der Waals surface area contributed by atoms with E-state index in [0.29, 0.717) is 6.42 Å². The van der Waals surface area contributed by atoms with E-state index in [4.69, 9.17) is 11.5 Å². The summed E-state index contributed by atoms with van der Waals surface area (Å²) in [6, 6.07) is 0. The number of carbonyl (C=O) groups excluding carboxylic acids is 2. The van der Waals surface area contributed by atoms with Gasteiger partial charge in [0.15, 0.2) is 0 Å². The molecule has 0 aromatic carbocycles. The molecule has 0 unspecified atom stereocenters. The Morgan fingerprint density at radius 3 is 0.790 bits per heavy atom. The van der Waals surface area contributed by atoms with Gasteiger partial charge in [0.1, 0.15) is 0 Å². The first-order chi connectivity index (χ1) is 30.5. The second-order valence-corrected chi connectivity index (χ2v) is 19.7. The van der Waals surface area contributed by atoms with Gasteiger partial charge in [-0.1, -0.05) is 283 Å². The molecule has 0 aromatic heterocycles. The highest BCUT2D eigenvalue weighted by molar-refractivity contribution is 5.80. The second-order valence-electron chi connectivity index (χ2n) is 19.7. The summed E-state index contributed by atoms with van der Waals surface area (Å²) in [7, 11) is 0. The van der Waals surface area contributed by atoms with Gasteiger partial charge in [0.25, 0.3) is 0 Å². The molecule has 0 saturated carbocycles. The third-order valence-corrected chi connectivity index (χ3v) is 13.7. The van der Waals surface area contributed by atoms with E-state index in [0.717, 1.165) is 77.0 Å². The van der Waals surface area contributed by atoms with Gasteiger partial charge in [-0.3, -0.25) is 9.59 Å². The SMILES string of the molecule is CCCCCCCCCCCCCCCCCCC(CCCCCCCC#CC#CCCCCCCCCC(N)=O)(CCCCCCCCCCCCCCCCCC)C(N)=O. The van der Waals surface area contributed by atoms with Crippen LogP contribution in [-0.2, 0) is 9.59 Å². The highest BCUT2D eigenvalue weighted by Crippen LogP contribution is 2.37. The van der Waals surface area contributed by atoms with Gasteiger partial charge in [0, 0.05) is 24.7 Å². The van der Waals surface area contributed by atoms with Crippen LogP contribution in [0.25, 0.3) is 0 Å². The molecule has 0 radical (unpaired) electrons. The van der Waals surface area contributed by atoms with Crippen LogP contribution in [-0.4, -0.2) is 11.8 Å². The fourth-order valence-electron chi connectivity index (χ4n) is 9.41. The summed E-state index contributed by atoms with van der Waals surface area (Å²) < 4.78 is 0. The molecular formula is C58H108N2O2. The van der Waals surface area contributed by atoms with Gasteiger partial charge in [-0.2, -0.15) is 0 Å². The second kappa shape index (κ2) is 50.1. The molecule has 0 atom stereocenters. The number of primary amides is 2. The number of nitrogens with two attached hydrogens (primary N) is 2. The van der Waals surface area contributed by atoms with Gasteiger partial charge < -0.3 is 11.5 Å². The molecule has 4 N–H and O–H groups in total. The number of rotatable bonds is 50. The number of carbonyl (C=O) groups is 2. The van der Waals surface area contributed by atoms with Crippen molar-refractivity contribution in [1.29, 1.82) is 0 Å². The van der Waals surface area contributed by atoms with Crippen LogP contribution >= 0.6 is 0 Å². The number of amides is 2. The van der Waals surface area contributed by atoms with Crippen molar-refractivity contribution in [3.63, 3.8) is 0 Å². The van der Waals surface area contributed by atoms with E-state index < -0.39 is 0 Å². The molecule has 0 bridgehead atoms. The van der Waals surface area contributed by atoms with Crippen molar-refractivity contribution in [3.8, 4) is 23.7 Å². The van der Waals surface area contributed by atoms with Crippen LogP contribution in [0.2, 0.25) is 0 Å². The van der Waals surface area contributed by atoms with E-state index >= 15 is 0 Å². The van der Waals surface area contributed by atoms with Crippen LogP contribution in [0.15, 0.2) is 0 Å². The summed E-state index contributed by atoms with van der Waals surface area (Å²) >= 11 is 0. The van der Waals surface area contributed by atoms with Gasteiger partial charge >= 0.3 is 0 Å². The topological polar surface area (TPSA) is 86.2 Å². The van der Waals surface area contributed by atoms with Crippen molar-refractivity contribution < 1.29 is 9.59 Å². The summed E-state index contributed by atoms with van der Waals surface area (Å²) in [6.07, 6.45) is 61.9. The van der Waals surface area contributed by atoms with Gasteiger partial charge in [-0.25, -0.2) is 0 Å². The van der Waals surface area contributed by atoms with Crippen molar-refractivity contribution in [3.05, 3.63) is 0 Å². The van der Waals surface area contributed by atoms with Crippen LogP contribution in [0.5, 0.6) is 0 Å². The quantitative estimate of drug-likeness (QED) is 0.0471. The zero-order valence-electron chi connectivity index (χ0n) is 42.1. The zero-order chi connectivity index (χ0) is 45.1. The van der Waals surface area contributed by atoms with Gasteiger partial charge in [0.2, 0.25) is 11.8 Å². The third kappa shape index (κ3) is 44.7. The Labute approximate surface area is 389 Å². The molecule has 0 aliphatic carbocycles. The lowest BCUT2D eigenvalue weighted by atomic mass is 9.73. The molecule has 4 nitrogen and oxygen atoms in total. The van der Waals surface area contributed by atoms with E-state index in [1.165, 1.54) is 231 Å². The molecule has 0 rings (SSSR count). The first-order valence-electron chi connectivity index (χ1n) is 28.0. The lowest BCUT2D eigenvalue weighted by Gasteiger charge is -2.31. The Balaban J connectivity index is 4.43. The first kappa shape index (κ1) is 60.1. The molecular weight excluding hydrogens is 757 g/mol. The predicted molar refractivity (Wildman–Crippen MR) is 274 cm³/mol. The highest BCUT2D eigenvalue weighted by Gasteiger charge is 2.34. The van der Waals surface area contributed by atoms with Crippen LogP contribution in [0.3, 0.4) is 0 Å². The molecule has 0 saturated heterocycles. The van der Waals surface area contributed by atoms with Crippen LogP contribution in [0.1, 0.15) is 328 Å². The normalized spacial score (nSPS) is 11.3. The van der Waals surface area contributed by atoms with Gasteiger partial charge in [0.05, 0.1) is 0 Å². The summed E-state index contributed by atoms with van der Waals surface area (Å²) in [5.41, 5.74) is 11.2. The lowest BCUT2D eigenvalue weighted by molar-refractivity contribution is -0.129. The zero-order valence-corrected chi connectivity index (χ0v) is 42.1. The van der Waals surface area contributed by atoms with Crippen LogP contribution < -0.4 is 11.5 Å². The Kier molecular flexibility index (Phi) is 48.5. The fourth-order valence-corrected chi connectivity index (χ4v) is 9.41. The van der Waals surface area contributed by atoms with Gasteiger partial charge in [-0.05, 0) is 50.4 Å². The molecule has 0 aliphatic rings. The highest BCUT2D eigenvalue weighted by atomic mass is 16.1. The maximum Gasteiger partial charge on any atom is 0.223 e. The molecule has 362 valence electrons. The first-order valence-corrected chi connectivity index (χ1v) is 28.0. The van der Waals surface area contributed by atoms with Crippen molar-refractivity contribution in [2.24, 2.45) is 16.9 Å². The average molecular weight is 866 g/mol. The minimum absolute atomic E-state index is 0.0205. The summed E-state index contributed by atoms with van der Waals surface area (Å²) in [6.45, 7) is 4.60. The lowest BCUT2D eigenvalue weighted by Crippen LogP contribution is -2.37. The van der Waals surface area contributed by atoms with Crippen LogP contribution in [0, 0.1) is 29.1 Å². The molecule has 0 spiro atoms. The number of unbranched alkanes of at least 4 members (excludes halogenated alkanes) is 41. The summed E-state index contributed by atoms with van der Waals surface area (Å²) in [5, 5.41) is 0. The minimum Gasteiger partial charge on any atom is -0.370 e.